The second kappa shape index (κ2) is 7.50. The second-order valence-electron chi connectivity index (χ2n) is 9.76. The van der Waals surface area contributed by atoms with Crippen LogP contribution < -0.4 is 4.90 Å². The lowest BCUT2D eigenvalue weighted by Gasteiger charge is -2.37. The summed E-state index contributed by atoms with van der Waals surface area (Å²) in [6.45, 7) is 3.82. The third kappa shape index (κ3) is 2.55. The van der Waals surface area contributed by atoms with Crippen LogP contribution in [-0.2, 0) is 14.4 Å². The molecule has 0 radical (unpaired) electrons. The van der Waals surface area contributed by atoms with Gasteiger partial charge in [0, 0.05) is 0 Å². The maximum absolute atomic E-state index is 14.4. The van der Waals surface area contributed by atoms with Gasteiger partial charge in [0.15, 0.2) is 5.78 Å². The molecule has 3 aromatic rings. The quantitative estimate of drug-likeness (QED) is 0.426. The van der Waals surface area contributed by atoms with Crippen LogP contribution in [-0.4, -0.2) is 17.6 Å². The second-order valence-corrected chi connectivity index (χ2v) is 10.2. The number of fused-ring (bicyclic) bond motifs is 5. The van der Waals surface area contributed by atoms with Crippen LogP contribution in [0.5, 0.6) is 0 Å². The number of ketones is 1. The minimum Gasteiger partial charge on any atom is -0.298 e. The Morgan fingerprint density at radius 3 is 1.83 bits per heavy atom. The Balaban J connectivity index is 1.66. The first kappa shape index (κ1) is 22.0. The monoisotopic (exact) mass is 481 g/mol. The van der Waals surface area contributed by atoms with Gasteiger partial charge in [-0.2, -0.15) is 0 Å². The molecule has 0 N–H and O–H groups in total. The van der Waals surface area contributed by atoms with Gasteiger partial charge in [0.25, 0.3) is 0 Å². The van der Waals surface area contributed by atoms with E-state index >= 15 is 0 Å². The summed E-state index contributed by atoms with van der Waals surface area (Å²) in [4.78, 5) is 43.8. The van der Waals surface area contributed by atoms with Gasteiger partial charge in [-0.3, -0.25) is 14.4 Å². The van der Waals surface area contributed by atoms with Crippen LogP contribution in [0.1, 0.15) is 31.4 Å². The van der Waals surface area contributed by atoms with Crippen molar-refractivity contribution in [2.45, 2.75) is 20.3 Å². The molecule has 174 valence electrons. The van der Waals surface area contributed by atoms with E-state index in [0.717, 1.165) is 22.3 Å². The zero-order valence-electron chi connectivity index (χ0n) is 19.5. The number of Topliss-reactive ketones (excluding diaryl/α,β-unsaturated/α-hetero) is 1. The minimum atomic E-state index is -1.13. The van der Waals surface area contributed by atoms with E-state index in [9.17, 15) is 14.4 Å². The van der Waals surface area contributed by atoms with Crippen molar-refractivity contribution in [1.82, 2.24) is 0 Å². The van der Waals surface area contributed by atoms with E-state index in [0.29, 0.717) is 17.1 Å². The van der Waals surface area contributed by atoms with Crippen molar-refractivity contribution in [3.8, 4) is 0 Å². The minimum absolute atomic E-state index is 0.0271. The summed E-state index contributed by atoms with van der Waals surface area (Å²) in [7, 11) is 0. The molecule has 2 bridgehead atoms. The van der Waals surface area contributed by atoms with Gasteiger partial charge in [0.05, 0.1) is 33.4 Å². The number of para-hydroxylation sites is 1. The van der Waals surface area contributed by atoms with E-state index in [1.54, 1.807) is 24.3 Å². The molecule has 2 amide bonds. The molecule has 1 aliphatic heterocycles. The molecule has 4 atom stereocenters. The molecule has 2 aliphatic carbocycles. The van der Waals surface area contributed by atoms with Gasteiger partial charge in [-0.25, -0.2) is 4.90 Å². The molecular weight excluding hydrogens is 458 g/mol. The third-order valence-electron chi connectivity index (χ3n) is 8.33. The van der Waals surface area contributed by atoms with Crippen LogP contribution in [0.3, 0.4) is 0 Å². The number of hydrogen-bond acceptors (Lipinski definition) is 3. The predicted molar refractivity (Wildman–Crippen MR) is 136 cm³/mol. The lowest BCUT2D eigenvalue weighted by Crippen LogP contribution is -2.41. The standard InChI is InChI=1S/C30H24ClNO3/c1-3-30-23(19-14-8-5-9-15-19)22(18-12-6-4-7-13-18)29(2,28(30)35)24-25(30)27(34)32(26(24)33)21-17-11-10-16-20(21)31/h4-17,24-25H,3H2,1-2H3/t24-,25+,29+,30-/m1/s1. The van der Waals surface area contributed by atoms with Crippen molar-refractivity contribution in [2.75, 3.05) is 4.90 Å². The number of anilines is 1. The fraction of sp³-hybridized carbons (Fsp3) is 0.233. The summed E-state index contributed by atoms with van der Waals surface area (Å²) in [5.41, 5.74) is 1.72. The zero-order valence-corrected chi connectivity index (χ0v) is 20.3. The SMILES string of the molecule is CC[C@@]12C(=O)[C@@](C)(C(c3ccccc3)=C1c1ccccc1)[C@H]1C(=O)N(c3ccccc3Cl)C(=O)[C@H]12. The predicted octanol–water partition coefficient (Wildman–Crippen LogP) is 6.06. The fourth-order valence-corrected chi connectivity index (χ4v) is 7.22. The number of hydrogen-bond donors (Lipinski definition) is 0. The zero-order chi connectivity index (χ0) is 24.5. The first-order valence-corrected chi connectivity index (χ1v) is 12.3. The highest BCUT2D eigenvalue weighted by molar-refractivity contribution is 6.38. The van der Waals surface area contributed by atoms with Crippen molar-refractivity contribution >= 4 is 46.0 Å². The Labute approximate surface area is 209 Å². The molecule has 1 saturated carbocycles. The molecule has 1 saturated heterocycles. The third-order valence-corrected chi connectivity index (χ3v) is 8.65. The first-order valence-electron chi connectivity index (χ1n) is 11.9. The molecule has 3 aliphatic rings. The van der Waals surface area contributed by atoms with E-state index in [4.69, 9.17) is 11.6 Å². The van der Waals surface area contributed by atoms with E-state index in [1.165, 1.54) is 4.90 Å². The molecule has 0 spiro atoms. The van der Waals surface area contributed by atoms with Crippen molar-refractivity contribution in [2.24, 2.45) is 22.7 Å². The summed E-state index contributed by atoms with van der Waals surface area (Å²) in [6.07, 6.45) is 0.429. The van der Waals surface area contributed by atoms with Gasteiger partial charge in [0.2, 0.25) is 11.8 Å². The number of amides is 2. The topological polar surface area (TPSA) is 54.5 Å². The molecule has 35 heavy (non-hydrogen) atoms. The summed E-state index contributed by atoms with van der Waals surface area (Å²) < 4.78 is 0. The summed E-state index contributed by atoms with van der Waals surface area (Å²) >= 11 is 6.44. The highest BCUT2D eigenvalue weighted by Gasteiger charge is 2.79. The smallest absolute Gasteiger partial charge is 0.239 e. The highest BCUT2D eigenvalue weighted by Crippen LogP contribution is 2.74. The van der Waals surface area contributed by atoms with Gasteiger partial charge in [-0.1, -0.05) is 91.3 Å². The normalized spacial score (nSPS) is 29.3. The Bertz CT molecular complexity index is 1430. The number of carbonyl (C=O) groups is 3. The largest absolute Gasteiger partial charge is 0.298 e. The number of rotatable bonds is 4. The Kier molecular flexibility index (Phi) is 4.71. The van der Waals surface area contributed by atoms with Gasteiger partial charge >= 0.3 is 0 Å². The van der Waals surface area contributed by atoms with Crippen LogP contribution in [0.15, 0.2) is 84.9 Å². The Morgan fingerprint density at radius 2 is 1.26 bits per heavy atom. The van der Waals surface area contributed by atoms with Crippen LogP contribution >= 0.6 is 11.6 Å². The Morgan fingerprint density at radius 1 is 0.743 bits per heavy atom. The maximum atomic E-state index is 14.4. The summed E-state index contributed by atoms with van der Waals surface area (Å²) in [5, 5.41) is 0.336. The van der Waals surface area contributed by atoms with Crippen molar-refractivity contribution in [3.63, 3.8) is 0 Å². The van der Waals surface area contributed by atoms with E-state index in [2.05, 4.69) is 0 Å². The molecule has 1 heterocycles. The van der Waals surface area contributed by atoms with E-state index in [-0.39, 0.29) is 17.6 Å². The van der Waals surface area contributed by atoms with Crippen molar-refractivity contribution in [3.05, 3.63) is 101 Å². The van der Waals surface area contributed by atoms with Crippen molar-refractivity contribution in [1.29, 1.82) is 0 Å². The molecule has 3 aromatic carbocycles. The van der Waals surface area contributed by atoms with Crippen molar-refractivity contribution < 1.29 is 14.4 Å². The van der Waals surface area contributed by atoms with Gasteiger partial charge in [-0.05, 0) is 47.8 Å². The average Bonchev–Trinajstić information content (AvgIpc) is 3.35. The van der Waals surface area contributed by atoms with E-state index < -0.39 is 22.7 Å². The van der Waals surface area contributed by atoms with Crippen LogP contribution in [0.2, 0.25) is 5.02 Å². The molecular formula is C30H24ClNO3. The van der Waals surface area contributed by atoms with Gasteiger partial charge in [0.1, 0.15) is 0 Å². The molecule has 2 fully saturated rings. The Hall–Kier alpha value is -3.50. The molecule has 0 unspecified atom stereocenters. The van der Waals surface area contributed by atoms with Crippen LogP contribution in [0, 0.1) is 22.7 Å². The lowest BCUT2D eigenvalue weighted by molar-refractivity contribution is -0.134. The highest BCUT2D eigenvalue weighted by atomic mass is 35.5. The molecule has 5 heteroatoms. The van der Waals surface area contributed by atoms with E-state index in [1.807, 2.05) is 74.5 Å². The maximum Gasteiger partial charge on any atom is 0.239 e. The number of halogens is 1. The molecule has 0 aromatic heterocycles. The molecule has 6 rings (SSSR count). The van der Waals surface area contributed by atoms with Gasteiger partial charge < -0.3 is 0 Å². The summed E-state index contributed by atoms with van der Waals surface area (Å²) in [5.74, 6) is -2.26. The number of benzene rings is 3. The average molecular weight is 482 g/mol. The number of allylic oxidation sites excluding steroid dienone is 2. The van der Waals surface area contributed by atoms with Gasteiger partial charge in [-0.15, -0.1) is 0 Å². The summed E-state index contributed by atoms with van der Waals surface area (Å²) in [6, 6.07) is 26.5. The number of nitrogens with zero attached hydrogens (tertiary/aromatic N) is 1. The number of carbonyl (C=O) groups excluding carboxylic acids is 3. The van der Waals surface area contributed by atoms with Crippen LogP contribution in [0.25, 0.3) is 11.1 Å². The first-order chi connectivity index (χ1) is 16.9. The lowest BCUT2D eigenvalue weighted by atomic mass is 9.62. The van der Waals surface area contributed by atoms with Crippen LogP contribution in [0.4, 0.5) is 5.69 Å². The fourth-order valence-electron chi connectivity index (χ4n) is 7.00. The molecule has 4 nitrogen and oxygen atoms in total. The number of imide groups is 1.